The number of halogens is 3. The van der Waals surface area contributed by atoms with Gasteiger partial charge in [0.2, 0.25) is 10.0 Å². The van der Waals surface area contributed by atoms with Gasteiger partial charge in [-0.05, 0) is 26.9 Å². The minimum atomic E-state index is -4.34. The number of hydrogen-bond acceptors (Lipinski definition) is 4. The number of nitrogens with zero attached hydrogens (tertiary/aromatic N) is 2. The summed E-state index contributed by atoms with van der Waals surface area (Å²) in [5.41, 5.74) is 0. The first kappa shape index (κ1) is 17.7. The summed E-state index contributed by atoms with van der Waals surface area (Å²) in [6, 6.07) is -0.379. The largest absolute Gasteiger partial charge is 0.392 e. The van der Waals surface area contributed by atoms with Gasteiger partial charge in [-0.25, -0.2) is 8.42 Å². The molecule has 0 aromatic rings. The Hall–Kier alpha value is -0.380. The molecule has 1 saturated heterocycles. The lowest BCUT2D eigenvalue weighted by molar-refractivity contribution is -0.134. The second kappa shape index (κ2) is 6.59. The van der Waals surface area contributed by atoms with Crippen LogP contribution in [-0.2, 0) is 10.0 Å². The SMILES string of the molecule is CN(C)CC1CC(O)CN1S(=O)(=O)CCCC(F)(F)F. The lowest BCUT2D eigenvalue weighted by Crippen LogP contribution is -2.42. The van der Waals surface area contributed by atoms with Gasteiger partial charge in [0.25, 0.3) is 0 Å². The molecule has 0 aliphatic carbocycles. The molecule has 0 saturated carbocycles. The number of aliphatic hydroxyl groups is 1. The molecule has 1 rings (SSSR count). The lowest BCUT2D eigenvalue weighted by Gasteiger charge is -2.26. The number of likely N-dealkylation sites (N-methyl/N-ethyl adjacent to an activating group) is 1. The maximum absolute atomic E-state index is 12.1. The minimum Gasteiger partial charge on any atom is -0.392 e. The van der Waals surface area contributed by atoms with E-state index in [4.69, 9.17) is 0 Å². The van der Waals surface area contributed by atoms with Gasteiger partial charge in [-0.3, -0.25) is 0 Å². The predicted octanol–water partition coefficient (Wildman–Crippen LogP) is 0.655. The number of rotatable bonds is 6. The smallest absolute Gasteiger partial charge is 0.389 e. The fraction of sp³-hybridized carbons (Fsp3) is 1.00. The van der Waals surface area contributed by atoms with Crippen LogP contribution in [-0.4, -0.2) is 74.0 Å². The van der Waals surface area contributed by atoms with E-state index in [1.54, 1.807) is 19.0 Å². The topological polar surface area (TPSA) is 60.9 Å². The van der Waals surface area contributed by atoms with E-state index in [0.29, 0.717) is 13.0 Å². The molecule has 5 nitrogen and oxygen atoms in total. The van der Waals surface area contributed by atoms with Crippen molar-refractivity contribution >= 4 is 10.0 Å². The van der Waals surface area contributed by atoms with Crippen molar-refractivity contribution < 1.29 is 26.7 Å². The van der Waals surface area contributed by atoms with E-state index in [9.17, 15) is 26.7 Å². The molecule has 1 N–H and O–H groups in total. The van der Waals surface area contributed by atoms with Crippen LogP contribution in [0.1, 0.15) is 19.3 Å². The van der Waals surface area contributed by atoms with E-state index in [1.165, 1.54) is 0 Å². The van der Waals surface area contributed by atoms with E-state index < -0.39 is 40.9 Å². The Kier molecular flexibility index (Phi) is 5.82. The molecule has 2 unspecified atom stereocenters. The van der Waals surface area contributed by atoms with Gasteiger partial charge < -0.3 is 10.0 Å². The molecule has 0 bridgehead atoms. The minimum absolute atomic E-state index is 0.0349. The zero-order chi connectivity index (χ0) is 15.6. The van der Waals surface area contributed by atoms with Crippen LogP contribution in [0.5, 0.6) is 0 Å². The van der Waals surface area contributed by atoms with Gasteiger partial charge in [0, 0.05) is 25.6 Å². The zero-order valence-electron chi connectivity index (χ0n) is 11.6. The Morgan fingerprint density at radius 2 is 1.95 bits per heavy atom. The standard InChI is InChI=1S/C11H21F3N2O3S/c1-15(2)7-9-6-10(17)8-16(9)20(18,19)5-3-4-11(12,13)14/h9-10,17H,3-8H2,1-2H3. The first-order valence-electron chi connectivity index (χ1n) is 6.40. The summed E-state index contributed by atoms with van der Waals surface area (Å²) in [5, 5.41) is 9.60. The summed E-state index contributed by atoms with van der Waals surface area (Å²) >= 11 is 0. The van der Waals surface area contributed by atoms with Gasteiger partial charge in [-0.15, -0.1) is 0 Å². The van der Waals surface area contributed by atoms with Crippen molar-refractivity contribution in [3.63, 3.8) is 0 Å². The fourth-order valence-corrected chi connectivity index (χ4v) is 4.11. The molecule has 120 valence electrons. The molecule has 0 radical (unpaired) electrons. The van der Waals surface area contributed by atoms with Gasteiger partial charge in [0.1, 0.15) is 0 Å². The average Bonchev–Trinajstić information content (AvgIpc) is 2.56. The highest BCUT2D eigenvalue weighted by molar-refractivity contribution is 7.89. The highest BCUT2D eigenvalue weighted by atomic mass is 32.2. The van der Waals surface area contributed by atoms with Crippen molar-refractivity contribution in [3.8, 4) is 0 Å². The van der Waals surface area contributed by atoms with E-state index in [1.807, 2.05) is 0 Å². The van der Waals surface area contributed by atoms with Crippen LogP contribution in [0.4, 0.5) is 13.2 Å². The van der Waals surface area contributed by atoms with Gasteiger partial charge in [-0.2, -0.15) is 17.5 Å². The van der Waals surface area contributed by atoms with Crippen LogP contribution < -0.4 is 0 Å². The summed E-state index contributed by atoms with van der Waals surface area (Å²) < 4.78 is 61.5. The summed E-state index contributed by atoms with van der Waals surface area (Å²) in [5.74, 6) is -0.539. The zero-order valence-corrected chi connectivity index (χ0v) is 12.4. The second-order valence-electron chi connectivity index (χ2n) is 5.41. The predicted molar refractivity (Wildman–Crippen MR) is 68.7 cm³/mol. The molecule has 0 aromatic heterocycles. The molecule has 1 aliphatic heterocycles. The van der Waals surface area contributed by atoms with Crippen molar-refractivity contribution in [2.24, 2.45) is 0 Å². The summed E-state index contributed by atoms with van der Waals surface area (Å²) in [4.78, 5) is 1.79. The molecule has 0 amide bonds. The molecular formula is C11H21F3N2O3S. The molecule has 9 heteroatoms. The Labute approximate surface area is 117 Å². The van der Waals surface area contributed by atoms with Gasteiger partial charge >= 0.3 is 6.18 Å². The Balaban J connectivity index is 2.64. The Morgan fingerprint density at radius 1 is 1.35 bits per heavy atom. The van der Waals surface area contributed by atoms with Crippen molar-refractivity contribution in [1.82, 2.24) is 9.21 Å². The van der Waals surface area contributed by atoms with E-state index in [2.05, 4.69) is 0 Å². The summed E-state index contributed by atoms with van der Waals surface area (Å²) in [6.07, 6.45) is -6.34. The second-order valence-corrected chi connectivity index (χ2v) is 7.45. The number of β-amino-alcohol motifs (C(OH)–C–C–N with tert-alkyl or cyclic N) is 1. The normalized spacial score (nSPS) is 25.6. The van der Waals surface area contributed by atoms with Crippen molar-refractivity contribution in [2.75, 3.05) is 32.9 Å². The van der Waals surface area contributed by atoms with Crippen LogP contribution in [0.25, 0.3) is 0 Å². The first-order chi connectivity index (χ1) is 9.01. The van der Waals surface area contributed by atoms with E-state index in [-0.39, 0.29) is 12.6 Å². The molecule has 1 heterocycles. The highest BCUT2D eigenvalue weighted by Gasteiger charge is 2.39. The monoisotopic (exact) mass is 318 g/mol. The number of alkyl halides is 3. The molecule has 1 aliphatic rings. The summed E-state index contributed by atoms with van der Waals surface area (Å²) in [6.45, 7) is 0.405. The van der Waals surface area contributed by atoms with Crippen LogP contribution >= 0.6 is 0 Å². The first-order valence-corrected chi connectivity index (χ1v) is 8.01. The number of sulfonamides is 1. The van der Waals surface area contributed by atoms with Gasteiger partial charge in [0.05, 0.1) is 11.9 Å². The Bertz CT molecular complexity index is 412. The number of aliphatic hydroxyl groups excluding tert-OH is 1. The molecule has 1 fully saturated rings. The third-order valence-electron chi connectivity index (χ3n) is 3.14. The van der Waals surface area contributed by atoms with Gasteiger partial charge in [-0.1, -0.05) is 0 Å². The van der Waals surface area contributed by atoms with Crippen LogP contribution in [0, 0.1) is 0 Å². The van der Waals surface area contributed by atoms with Crippen molar-refractivity contribution in [3.05, 3.63) is 0 Å². The number of hydrogen-bond donors (Lipinski definition) is 1. The van der Waals surface area contributed by atoms with Crippen molar-refractivity contribution in [2.45, 2.75) is 37.6 Å². The molecule has 2 atom stereocenters. The van der Waals surface area contributed by atoms with Crippen LogP contribution in [0.2, 0.25) is 0 Å². The van der Waals surface area contributed by atoms with Gasteiger partial charge in [0.15, 0.2) is 0 Å². The molecule has 0 spiro atoms. The third-order valence-corrected chi connectivity index (χ3v) is 5.10. The van der Waals surface area contributed by atoms with E-state index >= 15 is 0 Å². The molecule has 20 heavy (non-hydrogen) atoms. The Morgan fingerprint density at radius 3 is 2.45 bits per heavy atom. The average molecular weight is 318 g/mol. The van der Waals surface area contributed by atoms with E-state index in [0.717, 1.165) is 4.31 Å². The molecular weight excluding hydrogens is 297 g/mol. The quantitative estimate of drug-likeness (QED) is 0.781. The highest BCUT2D eigenvalue weighted by Crippen LogP contribution is 2.25. The van der Waals surface area contributed by atoms with Crippen LogP contribution in [0.3, 0.4) is 0 Å². The fourth-order valence-electron chi connectivity index (χ4n) is 2.36. The maximum atomic E-state index is 12.1. The third kappa shape index (κ3) is 5.55. The van der Waals surface area contributed by atoms with Crippen LogP contribution in [0.15, 0.2) is 0 Å². The lowest BCUT2D eigenvalue weighted by atomic mass is 10.2. The van der Waals surface area contributed by atoms with Crippen molar-refractivity contribution in [1.29, 1.82) is 0 Å². The maximum Gasteiger partial charge on any atom is 0.389 e. The molecule has 0 aromatic carbocycles. The summed E-state index contributed by atoms with van der Waals surface area (Å²) in [7, 11) is -0.210.